The molecule has 1 heterocycles. The van der Waals surface area contributed by atoms with Crippen molar-refractivity contribution in [2.45, 2.75) is 32.4 Å². The van der Waals surface area contributed by atoms with Crippen molar-refractivity contribution in [1.29, 1.82) is 0 Å². The topological polar surface area (TPSA) is 81.2 Å². The van der Waals surface area contributed by atoms with Gasteiger partial charge in [-0.1, -0.05) is 30.3 Å². The smallest absolute Gasteiger partial charge is 0.237 e. The summed E-state index contributed by atoms with van der Waals surface area (Å²) in [5.74, 6) is 1.03. The molecule has 0 aliphatic heterocycles. The number of oxazole rings is 1. The minimum absolute atomic E-state index is 0.184. The van der Waals surface area contributed by atoms with Crippen LogP contribution in [0.3, 0.4) is 0 Å². The van der Waals surface area contributed by atoms with Crippen molar-refractivity contribution >= 4 is 5.91 Å². The maximum Gasteiger partial charge on any atom is 0.237 e. The van der Waals surface area contributed by atoms with Gasteiger partial charge in [-0.05, 0) is 25.3 Å². The Bertz CT molecular complexity index is 551. The van der Waals surface area contributed by atoms with Gasteiger partial charge in [-0.3, -0.25) is 4.79 Å². The number of carbonyl (C=O) groups is 1. The lowest BCUT2D eigenvalue weighted by Crippen LogP contribution is -2.40. The van der Waals surface area contributed by atoms with Crippen molar-refractivity contribution in [2.24, 2.45) is 5.73 Å². The monoisotopic (exact) mass is 273 g/mol. The Morgan fingerprint density at radius 2 is 2.15 bits per heavy atom. The zero-order valence-electron chi connectivity index (χ0n) is 11.5. The molecule has 1 aromatic carbocycles. The van der Waals surface area contributed by atoms with Crippen molar-refractivity contribution in [3.05, 3.63) is 53.7 Å². The predicted octanol–water partition coefficient (Wildman–Crippen LogP) is 1.56. The minimum atomic E-state index is -0.522. The van der Waals surface area contributed by atoms with Gasteiger partial charge in [-0.25, -0.2) is 4.98 Å². The standard InChI is InChI=1S/C15H19N3O2/c1-11-9-17-14(20-11)10-18-15(19)13(16)8-7-12-5-3-2-4-6-12/h2-6,9,13H,7-8,10,16H2,1H3,(H,18,19)/t13-/m0/s1. The number of nitrogens with zero attached hydrogens (tertiary/aromatic N) is 1. The molecule has 0 saturated heterocycles. The first-order valence-electron chi connectivity index (χ1n) is 6.63. The second-order valence-electron chi connectivity index (χ2n) is 4.71. The van der Waals surface area contributed by atoms with E-state index in [1.807, 2.05) is 37.3 Å². The Morgan fingerprint density at radius 1 is 1.40 bits per heavy atom. The molecular formula is C15H19N3O2. The van der Waals surface area contributed by atoms with E-state index in [4.69, 9.17) is 10.2 Å². The molecule has 0 radical (unpaired) electrons. The average Bonchev–Trinajstić information content (AvgIpc) is 2.89. The first-order chi connectivity index (χ1) is 9.65. The maximum absolute atomic E-state index is 11.8. The Labute approximate surface area is 118 Å². The molecule has 1 aromatic heterocycles. The zero-order chi connectivity index (χ0) is 14.4. The van der Waals surface area contributed by atoms with Crippen LogP contribution in [0.1, 0.15) is 23.6 Å². The Kier molecular flexibility index (Phi) is 4.90. The van der Waals surface area contributed by atoms with Crippen LogP contribution in [0.15, 0.2) is 40.9 Å². The molecule has 0 aliphatic rings. The first kappa shape index (κ1) is 14.3. The molecule has 5 nitrogen and oxygen atoms in total. The van der Waals surface area contributed by atoms with E-state index in [1.54, 1.807) is 6.20 Å². The zero-order valence-corrected chi connectivity index (χ0v) is 11.5. The molecule has 1 atom stereocenters. The van der Waals surface area contributed by atoms with Gasteiger partial charge in [0.05, 0.1) is 18.8 Å². The summed E-state index contributed by atoms with van der Waals surface area (Å²) in [6, 6.07) is 9.46. The fourth-order valence-electron chi connectivity index (χ4n) is 1.87. The van der Waals surface area contributed by atoms with Crippen LogP contribution >= 0.6 is 0 Å². The van der Waals surface area contributed by atoms with Gasteiger partial charge in [0.1, 0.15) is 5.76 Å². The van der Waals surface area contributed by atoms with Crippen LogP contribution in [0.5, 0.6) is 0 Å². The summed E-state index contributed by atoms with van der Waals surface area (Å²) in [4.78, 5) is 15.9. The lowest BCUT2D eigenvalue weighted by Gasteiger charge is -2.11. The molecule has 0 spiro atoms. The number of rotatable bonds is 6. The van der Waals surface area contributed by atoms with Gasteiger partial charge in [-0.2, -0.15) is 0 Å². The van der Waals surface area contributed by atoms with Gasteiger partial charge in [-0.15, -0.1) is 0 Å². The molecule has 1 amide bonds. The van der Waals surface area contributed by atoms with Gasteiger partial charge in [0, 0.05) is 0 Å². The summed E-state index contributed by atoms with van der Waals surface area (Å²) in [5, 5.41) is 2.73. The molecule has 2 rings (SSSR count). The number of nitrogens with two attached hydrogens (primary N) is 1. The first-order valence-corrected chi connectivity index (χ1v) is 6.63. The number of nitrogens with one attached hydrogen (secondary N) is 1. The molecule has 5 heteroatoms. The van der Waals surface area contributed by atoms with Crippen LogP contribution in [0, 0.1) is 6.92 Å². The van der Waals surface area contributed by atoms with E-state index >= 15 is 0 Å². The summed E-state index contributed by atoms with van der Waals surface area (Å²) in [7, 11) is 0. The fourth-order valence-corrected chi connectivity index (χ4v) is 1.87. The molecule has 3 N–H and O–H groups in total. The Morgan fingerprint density at radius 3 is 2.80 bits per heavy atom. The number of hydrogen-bond acceptors (Lipinski definition) is 4. The normalized spacial score (nSPS) is 12.1. The van der Waals surface area contributed by atoms with E-state index in [1.165, 1.54) is 5.56 Å². The van der Waals surface area contributed by atoms with Crippen LogP contribution in [-0.4, -0.2) is 16.9 Å². The van der Waals surface area contributed by atoms with E-state index in [0.29, 0.717) is 12.3 Å². The number of hydrogen-bond donors (Lipinski definition) is 2. The summed E-state index contributed by atoms with van der Waals surface area (Å²) in [5.41, 5.74) is 7.05. The summed E-state index contributed by atoms with van der Waals surface area (Å²) in [6.07, 6.45) is 3.02. The molecular weight excluding hydrogens is 254 g/mol. The van der Waals surface area contributed by atoms with E-state index in [2.05, 4.69) is 10.3 Å². The van der Waals surface area contributed by atoms with Crippen LogP contribution in [0.25, 0.3) is 0 Å². The molecule has 2 aromatic rings. The summed E-state index contributed by atoms with van der Waals surface area (Å²) >= 11 is 0. The number of amides is 1. The summed E-state index contributed by atoms with van der Waals surface area (Å²) in [6.45, 7) is 2.08. The van der Waals surface area contributed by atoms with Crippen LogP contribution in [-0.2, 0) is 17.8 Å². The largest absolute Gasteiger partial charge is 0.444 e. The van der Waals surface area contributed by atoms with Crippen molar-refractivity contribution in [1.82, 2.24) is 10.3 Å². The second-order valence-corrected chi connectivity index (χ2v) is 4.71. The molecule has 0 bridgehead atoms. The van der Waals surface area contributed by atoms with Crippen molar-refractivity contribution in [3.8, 4) is 0 Å². The highest BCUT2D eigenvalue weighted by atomic mass is 16.4. The highest BCUT2D eigenvalue weighted by Gasteiger charge is 2.13. The third-order valence-corrected chi connectivity index (χ3v) is 3.01. The van der Waals surface area contributed by atoms with Gasteiger partial charge < -0.3 is 15.5 Å². The lowest BCUT2D eigenvalue weighted by molar-refractivity contribution is -0.122. The van der Waals surface area contributed by atoms with E-state index < -0.39 is 6.04 Å². The van der Waals surface area contributed by atoms with E-state index in [0.717, 1.165) is 12.2 Å². The van der Waals surface area contributed by atoms with Crippen molar-refractivity contribution < 1.29 is 9.21 Å². The third-order valence-electron chi connectivity index (χ3n) is 3.01. The molecule has 106 valence electrons. The van der Waals surface area contributed by atoms with E-state index in [-0.39, 0.29) is 12.5 Å². The Hall–Kier alpha value is -2.14. The van der Waals surface area contributed by atoms with Crippen LogP contribution in [0.4, 0.5) is 0 Å². The molecule has 20 heavy (non-hydrogen) atoms. The molecule has 0 saturated carbocycles. The fraction of sp³-hybridized carbons (Fsp3) is 0.333. The van der Waals surface area contributed by atoms with Gasteiger partial charge in [0.2, 0.25) is 11.8 Å². The SMILES string of the molecule is Cc1cnc(CNC(=O)[C@@H](N)CCc2ccccc2)o1. The number of aryl methyl sites for hydroxylation is 2. The average molecular weight is 273 g/mol. The maximum atomic E-state index is 11.8. The van der Waals surface area contributed by atoms with Crippen LogP contribution < -0.4 is 11.1 Å². The number of aromatic nitrogens is 1. The van der Waals surface area contributed by atoms with Gasteiger partial charge >= 0.3 is 0 Å². The number of carbonyl (C=O) groups excluding carboxylic acids is 1. The Balaban J connectivity index is 1.74. The molecule has 0 aliphatic carbocycles. The van der Waals surface area contributed by atoms with Crippen LogP contribution in [0.2, 0.25) is 0 Å². The molecule has 0 unspecified atom stereocenters. The van der Waals surface area contributed by atoms with E-state index in [9.17, 15) is 4.79 Å². The van der Waals surface area contributed by atoms with Crippen molar-refractivity contribution in [2.75, 3.05) is 0 Å². The highest BCUT2D eigenvalue weighted by Crippen LogP contribution is 2.05. The highest BCUT2D eigenvalue weighted by molar-refractivity contribution is 5.81. The predicted molar refractivity (Wildman–Crippen MR) is 75.8 cm³/mol. The summed E-state index contributed by atoms with van der Waals surface area (Å²) < 4.78 is 5.28. The minimum Gasteiger partial charge on any atom is -0.444 e. The molecule has 0 fully saturated rings. The quantitative estimate of drug-likeness (QED) is 0.837. The van der Waals surface area contributed by atoms with Gasteiger partial charge in [0.15, 0.2) is 0 Å². The number of benzene rings is 1. The van der Waals surface area contributed by atoms with Crippen molar-refractivity contribution in [3.63, 3.8) is 0 Å². The lowest BCUT2D eigenvalue weighted by atomic mass is 10.1. The third kappa shape index (κ3) is 4.20. The van der Waals surface area contributed by atoms with Gasteiger partial charge in [0.25, 0.3) is 0 Å². The second kappa shape index (κ2) is 6.86.